The average molecular weight is 424 g/mol. The van der Waals surface area contributed by atoms with Gasteiger partial charge in [-0.1, -0.05) is 24.3 Å². The summed E-state index contributed by atoms with van der Waals surface area (Å²) in [7, 11) is -4.04. The summed E-state index contributed by atoms with van der Waals surface area (Å²) in [6.45, 7) is 1.64. The number of anilines is 2. The van der Waals surface area contributed by atoms with Gasteiger partial charge in [-0.05, 0) is 79.3 Å². The maximum atomic E-state index is 13.9. The summed E-state index contributed by atoms with van der Waals surface area (Å²) >= 11 is 0. The minimum atomic E-state index is -4.04. The predicted molar refractivity (Wildman–Crippen MR) is 115 cm³/mol. The molecular weight excluding hydrogens is 403 g/mol. The standard InChI is InChI=1S/C23H21FN2O3S/c1-15-9-12-19(25-23(27)18-11-10-16-5-4-6-17(16)13-18)14-22(15)30(28,29)26-21-8-3-2-7-20(21)24/h2-3,7-14,26H,4-6H2,1H3,(H,25,27). The minimum Gasteiger partial charge on any atom is -0.322 e. The Morgan fingerprint density at radius 3 is 2.53 bits per heavy atom. The number of nitrogens with one attached hydrogen (secondary N) is 2. The third-order valence-corrected chi connectivity index (χ3v) is 6.72. The van der Waals surface area contributed by atoms with Gasteiger partial charge in [-0.25, -0.2) is 12.8 Å². The van der Waals surface area contributed by atoms with E-state index in [9.17, 15) is 17.6 Å². The van der Waals surface area contributed by atoms with Crippen LogP contribution in [-0.4, -0.2) is 14.3 Å². The lowest BCUT2D eigenvalue weighted by molar-refractivity contribution is 0.102. The van der Waals surface area contributed by atoms with Gasteiger partial charge in [0.25, 0.3) is 15.9 Å². The van der Waals surface area contributed by atoms with E-state index in [0.29, 0.717) is 16.8 Å². The maximum absolute atomic E-state index is 13.9. The average Bonchev–Trinajstić information content (AvgIpc) is 3.19. The number of benzene rings is 3. The molecule has 1 amide bonds. The zero-order valence-electron chi connectivity index (χ0n) is 16.4. The van der Waals surface area contributed by atoms with Gasteiger partial charge >= 0.3 is 0 Å². The van der Waals surface area contributed by atoms with Crippen molar-refractivity contribution < 1.29 is 17.6 Å². The minimum absolute atomic E-state index is 0.0301. The van der Waals surface area contributed by atoms with Crippen LogP contribution < -0.4 is 10.0 Å². The number of hydrogen-bond donors (Lipinski definition) is 2. The Morgan fingerprint density at radius 2 is 1.73 bits per heavy atom. The molecule has 4 rings (SSSR count). The third-order valence-electron chi connectivity index (χ3n) is 5.21. The Hall–Kier alpha value is -3.19. The highest BCUT2D eigenvalue weighted by Gasteiger charge is 2.20. The normalized spacial score (nSPS) is 13.0. The predicted octanol–water partition coefficient (Wildman–Crippen LogP) is 4.68. The van der Waals surface area contributed by atoms with Crippen molar-refractivity contribution in [3.05, 3.63) is 88.7 Å². The molecule has 0 radical (unpaired) electrons. The summed E-state index contributed by atoms with van der Waals surface area (Å²) in [5.74, 6) is -0.973. The second kappa shape index (κ2) is 7.91. The molecule has 0 heterocycles. The first-order chi connectivity index (χ1) is 14.3. The van der Waals surface area contributed by atoms with E-state index in [2.05, 4.69) is 10.0 Å². The quantitative estimate of drug-likeness (QED) is 0.625. The molecule has 0 atom stereocenters. The summed E-state index contributed by atoms with van der Waals surface area (Å²) < 4.78 is 41.8. The van der Waals surface area contributed by atoms with E-state index in [1.54, 1.807) is 31.2 Å². The molecule has 0 saturated heterocycles. The number of amides is 1. The van der Waals surface area contributed by atoms with Crippen LogP contribution in [0.5, 0.6) is 0 Å². The van der Waals surface area contributed by atoms with Gasteiger partial charge in [0.1, 0.15) is 5.82 Å². The van der Waals surface area contributed by atoms with Gasteiger partial charge in [0.15, 0.2) is 0 Å². The van der Waals surface area contributed by atoms with E-state index < -0.39 is 15.8 Å². The first-order valence-electron chi connectivity index (χ1n) is 9.65. The van der Waals surface area contributed by atoms with Crippen molar-refractivity contribution in [2.75, 3.05) is 10.0 Å². The van der Waals surface area contributed by atoms with E-state index in [1.165, 1.54) is 35.4 Å². The molecule has 0 spiro atoms. The van der Waals surface area contributed by atoms with Crippen LogP contribution in [0.2, 0.25) is 0 Å². The Balaban J connectivity index is 1.58. The van der Waals surface area contributed by atoms with E-state index in [4.69, 9.17) is 0 Å². The molecule has 0 saturated carbocycles. The van der Waals surface area contributed by atoms with Crippen LogP contribution in [-0.2, 0) is 22.9 Å². The summed E-state index contributed by atoms with van der Waals surface area (Å²) in [6, 6.07) is 15.8. The molecule has 7 heteroatoms. The van der Waals surface area contributed by atoms with Gasteiger partial charge < -0.3 is 5.32 Å². The highest BCUT2D eigenvalue weighted by atomic mass is 32.2. The zero-order valence-corrected chi connectivity index (χ0v) is 17.2. The van der Waals surface area contributed by atoms with Crippen molar-refractivity contribution in [3.8, 4) is 0 Å². The maximum Gasteiger partial charge on any atom is 0.262 e. The molecule has 3 aromatic rings. The molecule has 154 valence electrons. The van der Waals surface area contributed by atoms with Crippen molar-refractivity contribution in [2.45, 2.75) is 31.1 Å². The molecule has 30 heavy (non-hydrogen) atoms. The lowest BCUT2D eigenvalue weighted by Crippen LogP contribution is -2.17. The van der Waals surface area contributed by atoms with E-state index >= 15 is 0 Å². The molecule has 5 nitrogen and oxygen atoms in total. The van der Waals surface area contributed by atoms with Crippen molar-refractivity contribution >= 4 is 27.3 Å². The molecule has 0 bridgehead atoms. The third kappa shape index (κ3) is 4.07. The van der Waals surface area contributed by atoms with Crippen LogP contribution in [0.15, 0.2) is 65.6 Å². The number of rotatable bonds is 5. The Kier molecular flexibility index (Phi) is 5.30. The van der Waals surface area contributed by atoms with E-state index in [1.807, 2.05) is 12.1 Å². The van der Waals surface area contributed by atoms with Gasteiger partial charge in [-0.15, -0.1) is 0 Å². The smallest absolute Gasteiger partial charge is 0.262 e. The number of carbonyl (C=O) groups excluding carboxylic acids is 1. The van der Waals surface area contributed by atoms with Crippen LogP contribution in [0.25, 0.3) is 0 Å². The van der Waals surface area contributed by atoms with Crippen LogP contribution in [0.1, 0.15) is 33.5 Å². The van der Waals surface area contributed by atoms with Gasteiger partial charge in [0, 0.05) is 11.3 Å². The van der Waals surface area contributed by atoms with Crippen molar-refractivity contribution in [2.24, 2.45) is 0 Å². The molecule has 1 aliphatic carbocycles. The van der Waals surface area contributed by atoms with Crippen LogP contribution in [0, 0.1) is 12.7 Å². The molecule has 0 aromatic heterocycles. The van der Waals surface area contributed by atoms with Gasteiger partial charge in [-0.2, -0.15) is 0 Å². The number of fused-ring (bicyclic) bond motifs is 1. The lowest BCUT2D eigenvalue weighted by atomic mass is 10.1. The van der Waals surface area contributed by atoms with Gasteiger partial charge in [-0.3, -0.25) is 9.52 Å². The zero-order chi connectivity index (χ0) is 21.3. The molecule has 0 fully saturated rings. The van der Waals surface area contributed by atoms with Gasteiger partial charge in [0.2, 0.25) is 0 Å². The number of hydrogen-bond acceptors (Lipinski definition) is 3. The SMILES string of the molecule is Cc1ccc(NC(=O)c2ccc3c(c2)CCC3)cc1S(=O)(=O)Nc1ccccc1F. The molecule has 0 aliphatic heterocycles. The molecule has 1 aliphatic rings. The number of halogens is 1. The fourth-order valence-electron chi connectivity index (χ4n) is 3.63. The number of sulfonamides is 1. The van der Waals surface area contributed by atoms with Crippen LogP contribution >= 0.6 is 0 Å². The molecule has 2 N–H and O–H groups in total. The van der Waals surface area contributed by atoms with E-state index in [-0.39, 0.29) is 16.5 Å². The van der Waals surface area contributed by atoms with Gasteiger partial charge in [0.05, 0.1) is 10.6 Å². The number of para-hydroxylation sites is 1. The van der Waals surface area contributed by atoms with Crippen molar-refractivity contribution in [1.29, 1.82) is 0 Å². The highest BCUT2D eigenvalue weighted by molar-refractivity contribution is 7.92. The summed E-state index contributed by atoms with van der Waals surface area (Å²) in [4.78, 5) is 12.6. The van der Waals surface area contributed by atoms with Crippen LogP contribution in [0.4, 0.5) is 15.8 Å². The summed E-state index contributed by atoms with van der Waals surface area (Å²) in [6.07, 6.45) is 3.09. The largest absolute Gasteiger partial charge is 0.322 e. The number of aryl methyl sites for hydroxylation is 3. The van der Waals surface area contributed by atoms with Crippen molar-refractivity contribution in [3.63, 3.8) is 0 Å². The first-order valence-corrected chi connectivity index (χ1v) is 11.1. The fraction of sp³-hybridized carbons (Fsp3) is 0.174. The summed E-state index contributed by atoms with van der Waals surface area (Å²) in [5, 5.41) is 2.76. The Bertz CT molecular complexity index is 1240. The van der Waals surface area contributed by atoms with Crippen molar-refractivity contribution in [1.82, 2.24) is 0 Å². The van der Waals surface area contributed by atoms with E-state index in [0.717, 1.165) is 19.3 Å². The Morgan fingerprint density at radius 1 is 0.967 bits per heavy atom. The summed E-state index contributed by atoms with van der Waals surface area (Å²) in [5.41, 5.74) is 3.68. The molecule has 0 unspecified atom stereocenters. The molecular formula is C23H21FN2O3S. The van der Waals surface area contributed by atoms with Crippen LogP contribution in [0.3, 0.4) is 0 Å². The molecule has 3 aromatic carbocycles. The first kappa shape index (κ1) is 20.1. The topological polar surface area (TPSA) is 75.3 Å². The monoisotopic (exact) mass is 424 g/mol. The fourth-order valence-corrected chi connectivity index (χ4v) is 4.97. The number of carbonyl (C=O) groups is 1. The second-order valence-electron chi connectivity index (χ2n) is 7.36. The Labute approximate surface area is 175 Å². The highest BCUT2D eigenvalue weighted by Crippen LogP contribution is 2.26. The lowest BCUT2D eigenvalue weighted by Gasteiger charge is -2.13. The second-order valence-corrected chi connectivity index (χ2v) is 9.01.